The van der Waals surface area contributed by atoms with Crippen LogP contribution in [-0.2, 0) is 19.2 Å². The summed E-state index contributed by atoms with van der Waals surface area (Å²) in [7, 11) is 2.00. The molecule has 0 aromatic carbocycles. The maximum absolute atomic E-state index is 9.90. The summed E-state index contributed by atoms with van der Waals surface area (Å²) >= 11 is 0. The molecule has 52 heavy (non-hydrogen) atoms. The molecule has 316 valence electrons. The summed E-state index contributed by atoms with van der Waals surface area (Å²) < 4.78 is 0. The molecular weight excluding hydrogens is 728 g/mol. The van der Waals surface area contributed by atoms with E-state index >= 15 is 0 Å². The van der Waals surface area contributed by atoms with Crippen molar-refractivity contribution >= 4 is 25.1 Å². The van der Waals surface area contributed by atoms with Gasteiger partial charge in [0, 0.05) is 14.2 Å². The van der Waals surface area contributed by atoms with Crippen molar-refractivity contribution in [1.82, 2.24) is 0 Å². The zero-order valence-electron chi connectivity index (χ0n) is 27.8. The Kier molecular flexibility index (Phi) is 45.8. The summed E-state index contributed by atoms with van der Waals surface area (Å²) in [4.78, 5) is 39.6. The Bertz CT molecular complexity index is 684. The van der Waals surface area contributed by atoms with Crippen LogP contribution >= 0.6 is 0 Å². The first-order valence-corrected chi connectivity index (χ1v) is 14.2. The van der Waals surface area contributed by atoms with Gasteiger partial charge in [-0.15, -0.1) is 0 Å². The molecule has 0 spiro atoms. The van der Waals surface area contributed by atoms with Gasteiger partial charge in [0.05, 0.1) is 26.4 Å². The second-order valence-corrected chi connectivity index (χ2v) is 9.43. The Hall–Kier alpha value is -2.20. The number of rotatable bonds is 20. The Balaban J connectivity index is -0.000000131. The van der Waals surface area contributed by atoms with Crippen molar-refractivity contribution in [2.75, 3.05) is 40.6 Å². The summed E-state index contributed by atoms with van der Waals surface area (Å²) in [5.41, 5.74) is 0. The summed E-state index contributed by atoms with van der Waals surface area (Å²) in [6.07, 6.45) is -27.4. The number of aliphatic hydroxyl groups is 22. The van der Waals surface area contributed by atoms with Crippen LogP contribution < -0.4 is 0 Å². The highest BCUT2D eigenvalue weighted by Crippen LogP contribution is 2.05. The molecule has 26 nitrogen and oxygen atoms in total. The predicted octanol–water partition coefficient (Wildman–Crippen LogP) is -14.3. The predicted molar refractivity (Wildman–Crippen MR) is 165 cm³/mol. The van der Waals surface area contributed by atoms with Crippen LogP contribution in [0, 0.1) is 0 Å². The van der Waals surface area contributed by atoms with Gasteiger partial charge in [-0.3, -0.25) is 0 Å². The minimum absolute atomic E-state index is 0.0258. The highest BCUT2D eigenvalue weighted by atomic mass is 16.4. The lowest BCUT2D eigenvalue weighted by Gasteiger charge is -2.22. The highest BCUT2D eigenvalue weighted by Gasteiger charge is 2.32. The molecule has 0 amide bonds. The van der Waals surface area contributed by atoms with Crippen LogP contribution in [0.1, 0.15) is 0 Å². The van der Waals surface area contributed by atoms with Crippen molar-refractivity contribution in [3.63, 3.8) is 0 Å². The van der Waals surface area contributed by atoms with Gasteiger partial charge in [0.15, 0.2) is 25.1 Å². The third-order valence-electron chi connectivity index (χ3n) is 5.68. The van der Waals surface area contributed by atoms with E-state index in [1.54, 1.807) is 0 Å². The molecule has 0 aliphatic rings. The summed E-state index contributed by atoms with van der Waals surface area (Å²) in [5, 5.41) is 188. The molecule has 0 aliphatic heterocycles. The second kappa shape index (κ2) is 38.5. The summed E-state index contributed by atoms with van der Waals surface area (Å²) in [6, 6.07) is 0. The molecule has 16 unspecified atom stereocenters. The molecule has 0 heterocycles. The quantitative estimate of drug-likeness (QED) is 0.0510. The molecule has 0 aromatic heterocycles. The van der Waals surface area contributed by atoms with E-state index in [4.69, 9.17) is 112 Å². The van der Waals surface area contributed by atoms with Gasteiger partial charge in [0.1, 0.15) is 97.7 Å². The molecule has 0 saturated carbocycles. The van der Waals surface area contributed by atoms with Gasteiger partial charge in [0.25, 0.3) is 0 Å². The Labute approximate surface area is 295 Å². The third-order valence-corrected chi connectivity index (χ3v) is 5.68. The van der Waals surface area contributed by atoms with E-state index in [1.165, 1.54) is 0 Å². The molecular formula is C26H56O26. The van der Waals surface area contributed by atoms with Crippen molar-refractivity contribution in [1.29, 1.82) is 0 Å². The molecule has 0 rings (SSSR count). The fraction of sp³-hybridized carbons (Fsp3) is 0.846. The van der Waals surface area contributed by atoms with Crippen LogP contribution in [0.4, 0.5) is 0 Å². The van der Waals surface area contributed by atoms with Gasteiger partial charge in [-0.05, 0) is 0 Å². The summed E-state index contributed by atoms with van der Waals surface area (Å²) in [5.74, 6) is 0. The highest BCUT2D eigenvalue weighted by molar-refractivity contribution is 5.57. The minimum atomic E-state index is -1.79. The Morgan fingerprint density at radius 2 is 0.404 bits per heavy atom. The Morgan fingerprint density at radius 3 is 0.481 bits per heavy atom. The van der Waals surface area contributed by atoms with E-state index in [2.05, 4.69) is 0 Å². The fourth-order valence-electron chi connectivity index (χ4n) is 2.47. The standard InChI is InChI=1S/4C6H12O6.2CH4O/c4*7-1-3(9)5(11)6(12)4(10)2-8;2*1-2/h4*1,3-6,8-12H,2H2;2*2H,1H3. The first kappa shape index (κ1) is 61.8. The molecule has 0 saturated heterocycles. The van der Waals surface area contributed by atoms with E-state index in [-0.39, 0.29) is 25.1 Å². The number of carbonyl (C=O) groups excluding carboxylic acids is 4. The molecule has 26 heteroatoms. The van der Waals surface area contributed by atoms with Crippen molar-refractivity contribution in [3.8, 4) is 0 Å². The SMILES string of the molecule is CO.CO.O=CC(O)C(O)C(O)C(O)CO.O=CC(O)C(O)C(O)C(O)CO.O=CC(O)C(O)C(O)C(O)CO.O=CC(O)C(O)C(O)C(O)CO. The first-order chi connectivity index (χ1) is 24.2. The average molecular weight is 785 g/mol. The fourth-order valence-corrected chi connectivity index (χ4v) is 2.47. The lowest BCUT2D eigenvalue weighted by atomic mass is 10.0. The van der Waals surface area contributed by atoms with Gasteiger partial charge in [-0.25, -0.2) is 0 Å². The third kappa shape index (κ3) is 27.4. The zero-order valence-corrected chi connectivity index (χ0v) is 27.8. The average Bonchev–Trinajstić information content (AvgIpc) is 3.20. The lowest BCUT2D eigenvalue weighted by Crippen LogP contribution is -2.46. The van der Waals surface area contributed by atoms with Gasteiger partial charge in [-0.1, -0.05) is 0 Å². The number of hydrogen-bond acceptors (Lipinski definition) is 26. The number of aldehydes is 4. The monoisotopic (exact) mass is 784 g/mol. The maximum atomic E-state index is 9.90. The van der Waals surface area contributed by atoms with E-state index in [1.807, 2.05) is 0 Å². The lowest BCUT2D eigenvalue weighted by molar-refractivity contribution is -0.136. The molecule has 0 bridgehead atoms. The second-order valence-electron chi connectivity index (χ2n) is 9.43. The van der Waals surface area contributed by atoms with Crippen LogP contribution in [0.5, 0.6) is 0 Å². The van der Waals surface area contributed by atoms with Gasteiger partial charge >= 0.3 is 0 Å². The van der Waals surface area contributed by atoms with E-state index in [0.717, 1.165) is 14.2 Å². The van der Waals surface area contributed by atoms with Crippen molar-refractivity contribution < 1.29 is 132 Å². The number of carbonyl (C=O) groups is 4. The summed E-state index contributed by atoms with van der Waals surface area (Å²) in [6.45, 7) is -3.04. The molecule has 22 N–H and O–H groups in total. The van der Waals surface area contributed by atoms with Crippen molar-refractivity contribution in [3.05, 3.63) is 0 Å². The minimum Gasteiger partial charge on any atom is -0.400 e. The molecule has 0 aromatic rings. The topological polar surface area (TPSA) is 513 Å². The number of aliphatic hydroxyl groups excluding tert-OH is 22. The van der Waals surface area contributed by atoms with Crippen LogP contribution in [0.15, 0.2) is 0 Å². The number of hydrogen-bond donors (Lipinski definition) is 22. The van der Waals surface area contributed by atoms with Gasteiger partial charge in [-0.2, -0.15) is 0 Å². The van der Waals surface area contributed by atoms with E-state index in [0.29, 0.717) is 0 Å². The zero-order chi connectivity index (χ0) is 42.9. The van der Waals surface area contributed by atoms with Crippen LogP contribution in [0.2, 0.25) is 0 Å². The van der Waals surface area contributed by atoms with E-state index < -0.39 is 124 Å². The van der Waals surface area contributed by atoms with Crippen LogP contribution in [0.3, 0.4) is 0 Å². The Morgan fingerprint density at radius 1 is 0.288 bits per heavy atom. The van der Waals surface area contributed by atoms with Crippen LogP contribution in [0.25, 0.3) is 0 Å². The smallest absolute Gasteiger partial charge is 0.151 e. The molecule has 16 atom stereocenters. The molecule has 0 aliphatic carbocycles. The first-order valence-electron chi connectivity index (χ1n) is 14.2. The van der Waals surface area contributed by atoms with Gasteiger partial charge < -0.3 is 132 Å². The molecule has 0 fully saturated rings. The van der Waals surface area contributed by atoms with Crippen molar-refractivity contribution in [2.24, 2.45) is 0 Å². The van der Waals surface area contributed by atoms with Crippen LogP contribution in [-0.4, -0.2) is 276 Å². The maximum Gasteiger partial charge on any atom is 0.151 e. The molecule has 0 radical (unpaired) electrons. The van der Waals surface area contributed by atoms with Crippen molar-refractivity contribution in [2.45, 2.75) is 97.7 Å². The van der Waals surface area contributed by atoms with E-state index in [9.17, 15) is 19.2 Å². The largest absolute Gasteiger partial charge is 0.400 e. The normalized spacial score (nSPS) is 19.7. The van der Waals surface area contributed by atoms with Gasteiger partial charge in [0.2, 0.25) is 0 Å².